The number of nitrogen functional groups attached to an aromatic ring is 1. The molecule has 7 rings (SSSR count). The molecule has 12 heteroatoms. The molecule has 1 amide bonds. The predicted molar refractivity (Wildman–Crippen MR) is 147 cm³/mol. The van der Waals surface area contributed by atoms with Crippen LogP contribution >= 0.6 is 0 Å². The fourth-order valence-electron chi connectivity index (χ4n) is 4.52. The van der Waals surface area contributed by atoms with E-state index in [4.69, 9.17) is 24.6 Å². The van der Waals surface area contributed by atoms with E-state index < -0.39 is 0 Å². The van der Waals surface area contributed by atoms with Gasteiger partial charge in [0.25, 0.3) is 5.91 Å². The number of fused-ring (bicyclic) bond motifs is 2. The number of amides is 1. The number of nitrogens with two attached hydrogens (primary N) is 1. The molecule has 0 atom stereocenters. The quantitative estimate of drug-likeness (QED) is 0.292. The minimum absolute atomic E-state index is 0.121. The number of carbonyl (C=O) groups is 1. The number of ether oxygens (including phenoxy) is 3. The number of pyridine rings is 1. The fourth-order valence-corrected chi connectivity index (χ4v) is 4.52. The molecule has 1 aliphatic rings. The standard InChI is InChI=1S/C29H21N7O5/c30-27-26(34-41-35-27)28-33-21-15-31-25(13-22(21)36(28)19-6-2-1-3-7-19)40-20-8-4-5-18(12-20)29(37)32-14-17-9-10-23-24(11-17)39-16-38-23/h1-13,15H,14,16H2,(H2,30,35)(H,32,37). The number of benzene rings is 3. The van der Waals surface area contributed by atoms with Crippen LogP contribution in [0.2, 0.25) is 0 Å². The molecule has 0 aliphatic carbocycles. The van der Waals surface area contributed by atoms with Crippen LogP contribution in [0.15, 0.2) is 89.7 Å². The Balaban J connectivity index is 1.15. The molecule has 0 unspecified atom stereocenters. The Morgan fingerprint density at radius 2 is 1.85 bits per heavy atom. The van der Waals surface area contributed by atoms with Gasteiger partial charge in [0.1, 0.15) is 11.3 Å². The maximum atomic E-state index is 12.9. The Bertz CT molecular complexity index is 1900. The summed E-state index contributed by atoms with van der Waals surface area (Å²) < 4.78 is 23.5. The molecule has 0 radical (unpaired) electrons. The predicted octanol–water partition coefficient (Wildman–Crippen LogP) is 4.50. The van der Waals surface area contributed by atoms with E-state index in [9.17, 15) is 4.79 Å². The SMILES string of the molecule is Nc1nonc1-c1nc2cnc(Oc3cccc(C(=O)NCc4ccc5c(c4)OCO5)c3)cc2n1-c1ccccc1. The topological polar surface area (TPSA) is 152 Å². The third kappa shape index (κ3) is 4.63. The number of nitrogens with one attached hydrogen (secondary N) is 1. The monoisotopic (exact) mass is 547 g/mol. The van der Waals surface area contributed by atoms with E-state index in [1.54, 1.807) is 36.5 Å². The summed E-state index contributed by atoms with van der Waals surface area (Å²) in [4.78, 5) is 22.0. The van der Waals surface area contributed by atoms with Crippen molar-refractivity contribution < 1.29 is 23.6 Å². The van der Waals surface area contributed by atoms with Crippen molar-refractivity contribution in [2.24, 2.45) is 0 Å². The van der Waals surface area contributed by atoms with E-state index >= 15 is 0 Å². The van der Waals surface area contributed by atoms with Crippen LogP contribution in [-0.2, 0) is 6.54 Å². The molecule has 3 aromatic carbocycles. The highest BCUT2D eigenvalue weighted by Crippen LogP contribution is 2.33. The summed E-state index contributed by atoms with van der Waals surface area (Å²) in [7, 11) is 0. The van der Waals surface area contributed by atoms with E-state index in [1.165, 1.54) is 0 Å². The van der Waals surface area contributed by atoms with Gasteiger partial charge in [0.2, 0.25) is 12.7 Å². The van der Waals surface area contributed by atoms with Crippen LogP contribution in [0.3, 0.4) is 0 Å². The van der Waals surface area contributed by atoms with Crippen LogP contribution in [0.5, 0.6) is 23.1 Å². The van der Waals surface area contributed by atoms with Crippen molar-refractivity contribution >= 4 is 22.8 Å². The molecule has 0 spiro atoms. The average Bonchev–Trinajstić information content (AvgIpc) is 3.74. The second-order valence-electron chi connectivity index (χ2n) is 9.12. The molecule has 0 fully saturated rings. The zero-order valence-corrected chi connectivity index (χ0v) is 21.4. The Morgan fingerprint density at radius 1 is 0.976 bits per heavy atom. The van der Waals surface area contributed by atoms with Crippen molar-refractivity contribution in [3.8, 4) is 40.3 Å². The molecule has 4 heterocycles. The number of rotatable bonds is 7. The van der Waals surface area contributed by atoms with Crippen molar-refractivity contribution in [3.63, 3.8) is 0 Å². The van der Waals surface area contributed by atoms with Crippen LogP contribution in [0.1, 0.15) is 15.9 Å². The van der Waals surface area contributed by atoms with Crippen LogP contribution in [0.25, 0.3) is 28.2 Å². The summed E-state index contributed by atoms with van der Waals surface area (Å²) in [6, 6.07) is 23.8. The molecule has 12 nitrogen and oxygen atoms in total. The van der Waals surface area contributed by atoms with Gasteiger partial charge in [0.15, 0.2) is 28.8 Å². The molecule has 1 aliphatic heterocycles. The summed E-state index contributed by atoms with van der Waals surface area (Å²) in [5.74, 6) is 2.44. The maximum Gasteiger partial charge on any atom is 0.251 e. The third-order valence-electron chi connectivity index (χ3n) is 6.46. The molecule has 41 heavy (non-hydrogen) atoms. The first-order valence-electron chi connectivity index (χ1n) is 12.6. The lowest BCUT2D eigenvalue weighted by atomic mass is 10.1. The zero-order valence-electron chi connectivity index (χ0n) is 21.4. The largest absolute Gasteiger partial charge is 0.454 e. The molecule has 6 aromatic rings. The van der Waals surface area contributed by atoms with E-state index in [2.05, 4.69) is 25.6 Å². The first-order chi connectivity index (χ1) is 20.1. The van der Waals surface area contributed by atoms with E-state index in [0.717, 1.165) is 11.3 Å². The van der Waals surface area contributed by atoms with Crippen molar-refractivity contribution in [2.75, 3.05) is 12.5 Å². The fraction of sp³-hybridized carbons (Fsp3) is 0.0690. The molecule has 3 N–H and O–H groups in total. The van der Waals surface area contributed by atoms with Gasteiger partial charge < -0.3 is 25.3 Å². The number of para-hydroxylation sites is 1. The molecule has 0 saturated carbocycles. The lowest BCUT2D eigenvalue weighted by molar-refractivity contribution is 0.0950. The van der Waals surface area contributed by atoms with Crippen molar-refractivity contribution in [2.45, 2.75) is 6.54 Å². The smallest absolute Gasteiger partial charge is 0.251 e. The molecule has 3 aromatic heterocycles. The third-order valence-corrected chi connectivity index (χ3v) is 6.46. The van der Waals surface area contributed by atoms with Gasteiger partial charge in [-0.3, -0.25) is 9.36 Å². The molecule has 202 valence electrons. The minimum Gasteiger partial charge on any atom is -0.454 e. The summed E-state index contributed by atoms with van der Waals surface area (Å²) in [6.45, 7) is 0.527. The molecular weight excluding hydrogens is 526 g/mol. The van der Waals surface area contributed by atoms with Gasteiger partial charge in [-0.15, -0.1) is 0 Å². The van der Waals surface area contributed by atoms with Crippen molar-refractivity contribution in [3.05, 3.63) is 96.2 Å². The number of hydrogen-bond acceptors (Lipinski definition) is 10. The van der Waals surface area contributed by atoms with Crippen LogP contribution in [0, 0.1) is 0 Å². The lowest BCUT2D eigenvalue weighted by Crippen LogP contribution is -2.22. The highest BCUT2D eigenvalue weighted by Gasteiger charge is 2.21. The molecule has 0 bridgehead atoms. The Hall–Kier alpha value is -5.91. The highest BCUT2D eigenvalue weighted by molar-refractivity contribution is 5.94. The summed E-state index contributed by atoms with van der Waals surface area (Å²) in [5, 5.41) is 10.6. The lowest BCUT2D eigenvalue weighted by Gasteiger charge is -2.10. The normalized spacial score (nSPS) is 12.0. The van der Waals surface area contributed by atoms with Gasteiger partial charge in [-0.2, -0.15) is 0 Å². The van der Waals surface area contributed by atoms with Crippen molar-refractivity contribution in [1.82, 2.24) is 30.2 Å². The zero-order chi connectivity index (χ0) is 27.8. The van der Waals surface area contributed by atoms with Gasteiger partial charge in [-0.25, -0.2) is 14.6 Å². The van der Waals surface area contributed by atoms with Crippen LogP contribution in [-0.4, -0.2) is 37.5 Å². The van der Waals surface area contributed by atoms with Gasteiger partial charge >= 0.3 is 0 Å². The summed E-state index contributed by atoms with van der Waals surface area (Å²) >= 11 is 0. The highest BCUT2D eigenvalue weighted by atomic mass is 16.7. The Kier molecular flexibility index (Phi) is 5.89. The second-order valence-corrected chi connectivity index (χ2v) is 9.12. The maximum absolute atomic E-state index is 12.9. The number of aromatic nitrogens is 5. The van der Waals surface area contributed by atoms with Gasteiger partial charge in [0.05, 0.1) is 11.7 Å². The van der Waals surface area contributed by atoms with E-state index in [1.807, 2.05) is 53.1 Å². The minimum atomic E-state index is -0.248. The van der Waals surface area contributed by atoms with Crippen molar-refractivity contribution in [1.29, 1.82) is 0 Å². The number of anilines is 1. The number of hydrogen-bond donors (Lipinski definition) is 2. The first kappa shape index (κ1) is 24.2. The van der Waals surface area contributed by atoms with Crippen LogP contribution < -0.4 is 25.3 Å². The van der Waals surface area contributed by atoms with Gasteiger partial charge in [-0.05, 0) is 58.3 Å². The van der Waals surface area contributed by atoms with E-state index in [-0.39, 0.29) is 18.5 Å². The first-order valence-corrected chi connectivity index (χ1v) is 12.6. The summed E-state index contributed by atoms with van der Waals surface area (Å²) in [6.07, 6.45) is 1.60. The Labute approximate surface area is 232 Å². The second kappa shape index (κ2) is 10.0. The van der Waals surface area contributed by atoms with Gasteiger partial charge in [0, 0.05) is 23.9 Å². The molecule has 0 saturated heterocycles. The van der Waals surface area contributed by atoms with Crippen LogP contribution in [0.4, 0.5) is 5.82 Å². The number of imidazole rings is 1. The average molecular weight is 548 g/mol. The number of nitrogens with zero attached hydrogens (tertiary/aromatic N) is 5. The summed E-state index contributed by atoms with van der Waals surface area (Å²) in [5.41, 5.74) is 9.75. The van der Waals surface area contributed by atoms with Gasteiger partial charge in [-0.1, -0.05) is 30.3 Å². The molecular formula is C29H21N7O5. The number of carbonyl (C=O) groups excluding carboxylic acids is 1. The van der Waals surface area contributed by atoms with E-state index in [0.29, 0.717) is 57.8 Å². The Morgan fingerprint density at radius 3 is 2.71 bits per heavy atom.